The minimum Gasteiger partial charge on any atom is -0.497 e. The van der Waals surface area contributed by atoms with Crippen molar-refractivity contribution in [2.45, 2.75) is 6.54 Å². The standard InChI is InChI=1S/C19H19N3O/c1-23-18-9-5-6-15(12-18)14-21-17-10-11-20-19(13-17)22-16-7-3-2-4-8-16/h2-13H,14H2,1H3,(H2,20,21,22). The molecule has 0 aliphatic carbocycles. The highest BCUT2D eigenvalue weighted by Crippen LogP contribution is 2.19. The molecule has 3 aromatic rings. The number of hydrogen-bond donors (Lipinski definition) is 2. The molecule has 3 rings (SSSR count). The van der Waals surface area contributed by atoms with Crippen LogP contribution in [0.25, 0.3) is 0 Å². The van der Waals surface area contributed by atoms with Crippen molar-refractivity contribution in [1.82, 2.24) is 4.98 Å². The topological polar surface area (TPSA) is 46.2 Å². The van der Waals surface area contributed by atoms with Crippen LogP contribution >= 0.6 is 0 Å². The summed E-state index contributed by atoms with van der Waals surface area (Å²) in [5.74, 6) is 1.68. The van der Waals surface area contributed by atoms with Gasteiger partial charge in [0.2, 0.25) is 0 Å². The number of nitrogens with zero attached hydrogens (tertiary/aromatic N) is 1. The number of aromatic nitrogens is 1. The molecular weight excluding hydrogens is 286 g/mol. The maximum absolute atomic E-state index is 5.24. The van der Waals surface area contributed by atoms with Crippen molar-refractivity contribution in [2.24, 2.45) is 0 Å². The molecule has 0 amide bonds. The van der Waals surface area contributed by atoms with Gasteiger partial charge in [-0.05, 0) is 35.9 Å². The molecule has 0 radical (unpaired) electrons. The monoisotopic (exact) mass is 305 g/mol. The third kappa shape index (κ3) is 4.23. The van der Waals surface area contributed by atoms with E-state index in [9.17, 15) is 0 Å². The van der Waals surface area contributed by atoms with Crippen molar-refractivity contribution in [3.63, 3.8) is 0 Å². The molecule has 0 saturated carbocycles. The Hall–Kier alpha value is -3.01. The lowest BCUT2D eigenvalue weighted by Crippen LogP contribution is -2.01. The maximum Gasteiger partial charge on any atom is 0.132 e. The number of pyridine rings is 1. The van der Waals surface area contributed by atoms with Crippen molar-refractivity contribution in [1.29, 1.82) is 0 Å². The number of rotatable bonds is 6. The van der Waals surface area contributed by atoms with Gasteiger partial charge < -0.3 is 15.4 Å². The lowest BCUT2D eigenvalue weighted by Gasteiger charge is -2.10. The first kappa shape index (κ1) is 14.9. The first-order valence-corrected chi connectivity index (χ1v) is 7.48. The van der Waals surface area contributed by atoms with E-state index in [1.54, 1.807) is 13.3 Å². The highest BCUT2D eigenvalue weighted by Gasteiger charge is 2.00. The van der Waals surface area contributed by atoms with E-state index in [0.717, 1.165) is 29.5 Å². The third-order valence-electron chi connectivity index (χ3n) is 3.44. The Morgan fingerprint density at radius 2 is 1.78 bits per heavy atom. The van der Waals surface area contributed by atoms with Gasteiger partial charge in [0, 0.05) is 30.2 Å². The molecule has 1 aromatic heterocycles. The fourth-order valence-corrected chi connectivity index (χ4v) is 2.26. The molecule has 0 bridgehead atoms. The van der Waals surface area contributed by atoms with Crippen LogP contribution in [0.3, 0.4) is 0 Å². The predicted molar refractivity (Wildman–Crippen MR) is 94.3 cm³/mol. The Morgan fingerprint density at radius 3 is 2.61 bits per heavy atom. The van der Waals surface area contributed by atoms with Gasteiger partial charge in [0.1, 0.15) is 11.6 Å². The molecule has 0 atom stereocenters. The summed E-state index contributed by atoms with van der Waals surface area (Å²) in [6, 6.07) is 22.0. The Labute approximate surface area is 136 Å². The molecule has 23 heavy (non-hydrogen) atoms. The van der Waals surface area contributed by atoms with Gasteiger partial charge in [-0.3, -0.25) is 0 Å². The molecule has 1 heterocycles. The number of para-hydroxylation sites is 1. The average molecular weight is 305 g/mol. The SMILES string of the molecule is COc1cccc(CNc2ccnc(Nc3ccccc3)c2)c1. The summed E-state index contributed by atoms with van der Waals surface area (Å²) < 4.78 is 5.24. The van der Waals surface area contributed by atoms with Crippen LogP contribution < -0.4 is 15.4 Å². The van der Waals surface area contributed by atoms with Crippen LogP contribution in [0.5, 0.6) is 5.75 Å². The zero-order valence-corrected chi connectivity index (χ0v) is 13.0. The summed E-state index contributed by atoms with van der Waals surface area (Å²) >= 11 is 0. The third-order valence-corrected chi connectivity index (χ3v) is 3.44. The molecule has 0 aliphatic heterocycles. The number of hydrogen-bond acceptors (Lipinski definition) is 4. The molecule has 116 valence electrons. The Kier molecular flexibility index (Phi) is 4.74. The average Bonchev–Trinajstić information content (AvgIpc) is 2.61. The number of benzene rings is 2. The zero-order chi connectivity index (χ0) is 15.9. The van der Waals surface area contributed by atoms with Gasteiger partial charge in [0.05, 0.1) is 7.11 Å². The van der Waals surface area contributed by atoms with Gasteiger partial charge in [-0.25, -0.2) is 4.98 Å². The molecule has 0 spiro atoms. The van der Waals surface area contributed by atoms with E-state index < -0.39 is 0 Å². The normalized spacial score (nSPS) is 10.1. The van der Waals surface area contributed by atoms with Gasteiger partial charge in [-0.1, -0.05) is 30.3 Å². The Morgan fingerprint density at radius 1 is 0.913 bits per heavy atom. The molecule has 4 heteroatoms. The first-order chi connectivity index (χ1) is 11.3. The summed E-state index contributed by atoms with van der Waals surface area (Å²) in [5.41, 5.74) is 3.20. The van der Waals surface area contributed by atoms with Crippen molar-refractivity contribution in [3.05, 3.63) is 78.5 Å². The van der Waals surface area contributed by atoms with Gasteiger partial charge in [0.25, 0.3) is 0 Å². The summed E-state index contributed by atoms with van der Waals surface area (Å²) in [6.45, 7) is 0.728. The minimum absolute atomic E-state index is 0.728. The van der Waals surface area contributed by atoms with Gasteiger partial charge in [-0.15, -0.1) is 0 Å². The minimum atomic E-state index is 0.728. The smallest absolute Gasteiger partial charge is 0.132 e. The Bertz CT molecular complexity index is 759. The van der Waals surface area contributed by atoms with Crippen LogP contribution in [-0.4, -0.2) is 12.1 Å². The van der Waals surface area contributed by atoms with Crippen LogP contribution in [0, 0.1) is 0 Å². The molecule has 0 unspecified atom stereocenters. The molecular formula is C19H19N3O. The Balaban J connectivity index is 1.65. The van der Waals surface area contributed by atoms with E-state index in [4.69, 9.17) is 4.74 Å². The first-order valence-electron chi connectivity index (χ1n) is 7.48. The van der Waals surface area contributed by atoms with Crippen molar-refractivity contribution in [3.8, 4) is 5.75 Å². The second kappa shape index (κ2) is 7.31. The number of nitrogens with one attached hydrogen (secondary N) is 2. The van der Waals surface area contributed by atoms with E-state index in [1.807, 2.05) is 60.7 Å². The molecule has 4 nitrogen and oxygen atoms in total. The van der Waals surface area contributed by atoms with E-state index in [0.29, 0.717) is 0 Å². The second-order valence-electron chi connectivity index (χ2n) is 5.13. The molecule has 2 aromatic carbocycles. The highest BCUT2D eigenvalue weighted by molar-refractivity contribution is 5.60. The summed E-state index contributed by atoms with van der Waals surface area (Å²) in [5, 5.41) is 6.69. The van der Waals surface area contributed by atoms with Gasteiger partial charge in [0.15, 0.2) is 0 Å². The largest absolute Gasteiger partial charge is 0.497 e. The molecule has 2 N–H and O–H groups in total. The number of ether oxygens (including phenoxy) is 1. The van der Waals surface area contributed by atoms with Gasteiger partial charge in [-0.2, -0.15) is 0 Å². The van der Waals surface area contributed by atoms with Gasteiger partial charge >= 0.3 is 0 Å². The number of methoxy groups -OCH3 is 1. The highest BCUT2D eigenvalue weighted by atomic mass is 16.5. The van der Waals surface area contributed by atoms with E-state index in [2.05, 4.69) is 21.7 Å². The molecule has 0 fully saturated rings. The lowest BCUT2D eigenvalue weighted by atomic mass is 10.2. The summed E-state index contributed by atoms with van der Waals surface area (Å²) in [6.07, 6.45) is 1.79. The summed E-state index contributed by atoms with van der Waals surface area (Å²) in [4.78, 5) is 4.35. The molecule has 0 aliphatic rings. The van der Waals surface area contributed by atoms with Crippen molar-refractivity contribution >= 4 is 17.2 Å². The van der Waals surface area contributed by atoms with Crippen molar-refractivity contribution < 1.29 is 4.74 Å². The van der Waals surface area contributed by atoms with Crippen LogP contribution in [0.15, 0.2) is 72.9 Å². The van der Waals surface area contributed by atoms with E-state index >= 15 is 0 Å². The van der Waals surface area contributed by atoms with Crippen LogP contribution in [0.4, 0.5) is 17.2 Å². The lowest BCUT2D eigenvalue weighted by molar-refractivity contribution is 0.414. The molecule has 0 saturated heterocycles. The fraction of sp³-hybridized carbons (Fsp3) is 0.105. The predicted octanol–water partition coefficient (Wildman–Crippen LogP) is 4.45. The quantitative estimate of drug-likeness (QED) is 0.706. The zero-order valence-electron chi connectivity index (χ0n) is 13.0. The van der Waals surface area contributed by atoms with E-state index in [1.165, 1.54) is 5.56 Å². The maximum atomic E-state index is 5.24. The van der Waals surface area contributed by atoms with Crippen LogP contribution in [0.1, 0.15) is 5.56 Å². The van der Waals surface area contributed by atoms with E-state index in [-0.39, 0.29) is 0 Å². The van der Waals surface area contributed by atoms with Crippen molar-refractivity contribution in [2.75, 3.05) is 17.7 Å². The summed E-state index contributed by atoms with van der Waals surface area (Å²) in [7, 11) is 1.68. The number of anilines is 3. The fourth-order valence-electron chi connectivity index (χ4n) is 2.26. The second-order valence-corrected chi connectivity index (χ2v) is 5.13. The van der Waals surface area contributed by atoms with Crippen LogP contribution in [0.2, 0.25) is 0 Å². The van der Waals surface area contributed by atoms with Crippen LogP contribution in [-0.2, 0) is 6.54 Å².